The standard InChI is InChI=1S/C20H20F4O2/c1-4-13-9-10-15(21)18(17(13)19(25)12(2)3)14-7-5-6-8-16(14)26-11-20(22,23)24/h5-10,12H,4,11H2,1-3H3. The van der Waals surface area contributed by atoms with Crippen LogP contribution in [0.1, 0.15) is 36.7 Å². The number of benzene rings is 2. The van der Waals surface area contributed by atoms with Crippen LogP contribution in [0.4, 0.5) is 17.6 Å². The number of ketones is 1. The van der Waals surface area contributed by atoms with Gasteiger partial charge in [-0.3, -0.25) is 4.79 Å². The average molecular weight is 368 g/mol. The number of Topliss-reactive ketones (excluding diaryl/α,β-unsaturated/α-hetero) is 1. The zero-order valence-electron chi connectivity index (χ0n) is 14.8. The topological polar surface area (TPSA) is 26.3 Å². The number of aryl methyl sites for hydroxylation is 1. The minimum absolute atomic E-state index is 0.0131. The third kappa shape index (κ3) is 4.42. The zero-order valence-corrected chi connectivity index (χ0v) is 14.8. The van der Waals surface area contributed by atoms with Gasteiger partial charge >= 0.3 is 6.18 Å². The molecule has 0 radical (unpaired) electrons. The zero-order chi connectivity index (χ0) is 19.5. The van der Waals surface area contributed by atoms with Crippen LogP contribution in [0.3, 0.4) is 0 Å². The van der Waals surface area contributed by atoms with Crippen LogP contribution in [0.25, 0.3) is 11.1 Å². The first kappa shape index (κ1) is 19.9. The van der Waals surface area contributed by atoms with Gasteiger partial charge in [-0.05, 0) is 24.1 Å². The minimum Gasteiger partial charge on any atom is -0.483 e. The Morgan fingerprint density at radius 2 is 1.77 bits per heavy atom. The van der Waals surface area contributed by atoms with Crippen LogP contribution < -0.4 is 4.74 Å². The van der Waals surface area contributed by atoms with Crippen molar-refractivity contribution in [3.8, 4) is 16.9 Å². The quantitative estimate of drug-likeness (QED) is 0.473. The van der Waals surface area contributed by atoms with Crippen molar-refractivity contribution in [3.05, 3.63) is 53.3 Å². The van der Waals surface area contributed by atoms with Crippen LogP contribution in [0.5, 0.6) is 5.75 Å². The summed E-state index contributed by atoms with van der Waals surface area (Å²) in [7, 11) is 0. The van der Waals surface area contributed by atoms with Gasteiger partial charge in [0, 0.05) is 22.6 Å². The fraction of sp³-hybridized carbons (Fsp3) is 0.350. The number of carbonyl (C=O) groups is 1. The van der Waals surface area contributed by atoms with E-state index in [4.69, 9.17) is 4.74 Å². The Morgan fingerprint density at radius 3 is 2.35 bits per heavy atom. The molecule has 0 heterocycles. The molecule has 0 saturated carbocycles. The maximum atomic E-state index is 14.7. The van der Waals surface area contributed by atoms with E-state index in [1.807, 2.05) is 6.92 Å². The Kier molecular flexibility index (Phi) is 6.05. The van der Waals surface area contributed by atoms with Gasteiger partial charge in [-0.1, -0.05) is 45.0 Å². The number of alkyl halides is 3. The van der Waals surface area contributed by atoms with Crippen molar-refractivity contribution in [3.63, 3.8) is 0 Å². The molecule has 0 fully saturated rings. The Hall–Kier alpha value is -2.37. The summed E-state index contributed by atoms with van der Waals surface area (Å²) in [5, 5.41) is 0. The Morgan fingerprint density at radius 1 is 1.12 bits per heavy atom. The van der Waals surface area contributed by atoms with E-state index in [0.717, 1.165) is 0 Å². The summed E-state index contributed by atoms with van der Waals surface area (Å²) < 4.78 is 57.2. The second-order valence-corrected chi connectivity index (χ2v) is 6.23. The monoisotopic (exact) mass is 368 g/mol. The van der Waals surface area contributed by atoms with Crippen LogP contribution in [-0.4, -0.2) is 18.6 Å². The molecule has 0 atom stereocenters. The molecule has 0 amide bonds. The lowest BCUT2D eigenvalue weighted by Crippen LogP contribution is -2.19. The fourth-order valence-corrected chi connectivity index (χ4v) is 2.71. The lowest BCUT2D eigenvalue weighted by atomic mass is 9.87. The molecule has 0 aliphatic heterocycles. The largest absolute Gasteiger partial charge is 0.483 e. The summed E-state index contributed by atoms with van der Waals surface area (Å²) in [6.45, 7) is 3.73. The van der Waals surface area contributed by atoms with Crippen molar-refractivity contribution >= 4 is 5.78 Å². The summed E-state index contributed by atoms with van der Waals surface area (Å²) in [6, 6.07) is 8.63. The molecule has 26 heavy (non-hydrogen) atoms. The molecule has 2 aromatic rings. The van der Waals surface area contributed by atoms with E-state index in [2.05, 4.69) is 0 Å². The van der Waals surface area contributed by atoms with E-state index >= 15 is 0 Å². The van der Waals surface area contributed by atoms with Crippen LogP contribution in [0.15, 0.2) is 36.4 Å². The molecule has 0 N–H and O–H groups in total. The number of para-hydroxylation sites is 1. The molecule has 0 aliphatic rings. The molecule has 6 heteroatoms. The summed E-state index contributed by atoms with van der Waals surface area (Å²) >= 11 is 0. The van der Waals surface area contributed by atoms with Crippen LogP contribution >= 0.6 is 0 Å². The predicted molar refractivity (Wildman–Crippen MR) is 91.9 cm³/mol. The van der Waals surface area contributed by atoms with E-state index < -0.39 is 18.6 Å². The molecule has 0 aliphatic carbocycles. The van der Waals surface area contributed by atoms with Crippen molar-refractivity contribution in [1.29, 1.82) is 0 Å². The molecule has 0 aromatic heterocycles. The van der Waals surface area contributed by atoms with Gasteiger partial charge in [0.2, 0.25) is 0 Å². The van der Waals surface area contributed by atoms with Crippen LogP contribution in [0.2, 0.25) is 0 Å². The van der Waals surface area contributed by atoms with Gasteiger partial charge in [-0.15, -0.1) is 0 Å². The first-order valence-corrected chi connectivity index (χ1v) is 8.30. The fourth-order valence-electron chi connectivity index (χ4n) is 2.71. The maximum Gasteiger partial charge on any atom is 0.422 e. The number of hydrogen-bond acceptors (Lipinski definition) is 2. The average Bonchev–Trinajstić information content (AvgIpc) is 2.58. The van der Waals surface area contributed by atoms with Crippen molar-refractivity contribution < 1.29 is 27.1 Å². The maximum absolute atomic E-state index is 14.7. The lowest BCUT2D eigenvalue weighted by molar-refractivity contribution is -0.153. The summed E-state index contributed by atoms with van der Waals surface area (Å²) in [6.07, 6.45) is -4.03. The van der Waals surface area contributed by atoms with Crippen molar-refractivity contribution in [1.82, 2.24) is 0 Å². The molecule has 0 unspecified atom stereocenters. The Balaban J connectivity index is 2.67. The minimum atomic E-state index is -4.52. The highest BCUT2D eigenvalue weighted by molar-refractivity contribution is 6.05. The van der Waals surface area contributed by atoms with E-state index in [1.165, 1.54) is 30.3 Å². The second kappa shape index (κ2) is 7.89. The first-order chi connectivity index (χ1) is 12.2. The van der Waals surface area contributed by atoms with Gasteiger partial charge in [0.1, 0.15) is 11.6 Å². The summed E-state index contributed by atoms with van der Waals surface area (Å²) in [5.74, 6) is -1.44. The van der Waals surface area contributed by atoms with Gasteiger partial charge in [0.25, 0.3) is 0 Å². The van der Waals surface area contributed by atoms with E-state index in [1.54, 1.807) is 19.9 Å². The van der Waals surface area contributed by atoms with Crippen LogP contribution in [0, 0.1) is 11.7 Å². The third-order valence-electron chi connectivity index (χ3n) is 3.94. The number of carbonyl (C=O) groups excluding carboxylic acids is 1. The molecular weight excluding hydrogens is 348 g/mol. The first-order valence-electron chi connectivity index (χ1n) is 8.30. The summed E-state index contributed by atoms with van der Waals surface area (Å²) in [5.41, 5.74) is 0.964. The van der Waals surface area contributed by atoms with Gasteiger partial charge in [-0.25, -0.2) is 4.39 Å². The normalized spacial score (nSPS) is 11.7. The predicted octanol–water partition coefficient (Wildman–Crippen LogP) is 5.83. The number of halogens is 4. The van der Waals surface area contributed by atoms with E-state index in [-0.39, 0.29) is 34.1 Å². The molecule has 2 aromatic carbocycles. The third-order valence-corrected chi connectivity index (χ3v) is 3.94. The number of hydrogen-bond donors (Lipinski definition) is 0. The van der Waals surface area contributed by atoms with Gasteiger partial charge in [-0.2, -0.15) is 13.2 Å². The number of rotatable bonds is 6. The van der Waals surface area contributed by atoms with Crippen molar-refractivity contribution in [2.24, 2.45) is 5.92 Å². The molecule has 0 bridgehead atoms. The SMILES string of the molecule is CCc1ccc(F)c(-c2ccccc2OCC(F)(F)F)c1C(=O)C(C)C. The Labute approximate surface area is 149 Å². The lowest BCUT2D eigenvalue weighted by Gasteiger charge is -2.19. The van der Waals surface area contributed by atoms with Crippen molar-refractivity contribution in [2.75, 3.05) is 6.61 Å². The molecule has 0 saturated heterocycles. The smallest absolute Gasteiger partial charge is 0.422 e. The molecular formula is C20H20F4O2. The van der Waals surface area contributed by atoms with Gasteiger partial charge in [0.15, 0.2) is 12.4 Å². The Bertz CT molecular complexity index is 795. The summed E-state index contributed by atoms with van der Waals surface area (Å²) in [4.78, 5) is 12.7. The van der Waals surface area contributed by atoms with Gasteiger partial charge in [0.05, 0.1) is 0 Å². The molecule has 2 rings (SSSR count). The van der Waals surface area contributed by atoms with Gasteiger partial charge < -0.3 is 4.74 Å². The van der Waals surface area contributed by atoms with E-state index in [9.17, 15) is 22.4 Å². The molecule has 0 spiro atoms. The van der Waals surface area contributed by atoms with Crippen LogP contribution in [-0.2, 0) is 6.42 Å². The van der Waals surface area contributed by atoms with Crippen molar-refractivity contribution in [2.45, 2.75) is 33.4 Å². The highest BCUT2D eigenvalue weighted by Gasteiger charge is 2.30. The highest BCUT2D eigenvalue weighted by Crippen LogP contribution is 2.37. The second-order valence-electron chi connectivity index (χ2n) is 6.23. The molecule has 2 nitrogen and oxygen atoms in total. The van der Waals surface area contributed by atoms with E-state index in [0.29, 0.717) is 12.0 Å². The highest BCUT2D eigenvalue weighted by atomic mass is 19.4. The molecule has 140 valence electrons. The number of ether oxygens (including phenoxy) is 1.